The molecule has 34 heavy (non-hydrogen) atoms. The van der Waals surface area contributed by atoms with Gasteiger partial charge in [-0.05, 0) is 75.0 Å². The first kappa shape index (κ1) is 23.2. The molecule has 3 heterocycles. The Labute approximate surface area is 204 Å². The van der Waals surface area contributed by atoms with Crippen molar-refractivity contribution in [1.29, 1.82) is 0 Å². The zero-order valence-corrected chi connectivity index (χ0v) is 20.7. The van der Waals surface area contributed by atoms with Gasteiger partial charge in [0, 0.05) is 61.3 Å². The van der Waals surface area contributed by atoms with Crippen molar-refractivity contribution in [2.75, 3.05) is 29.9 Å². The molecule has 1 aromatic carbocycles. The van der Waals surface area contributed by atoms with Crippen molar-refractivity contribution in [2.45, 2.75) is 77.3 Å². The lowest BCUT2D eigenvalue weighted by Crippen LogP contribution is -2.29. The summed E-state index contributed by atoms with van der Waals surface area (Å²) >= 11 is 0. The molecule has 1 saturated carbocycles. The minimum atomic E-state index is 0.378. The highest BCUT2D eigenvalue weighted by molar-refractivity contribution is 5.94. The summed E-state index contributed by atoms with van der Waals surface area (Å²) in [5.74, 6) is 1.40. The van der Waals surface area contributed by atoms with Crippen molar-refractivity contribution < 1.29 is 0 Å². The van der Waals surface area contributed by atoms with Crippen LogP contribution in [0, 0.1) is 5.92 Å². The van der Waals surface area contributed by atoms with Gasteiger partial charge in [-0.3, -0.25) is 0 Å². The molecule has 1 aliphatic heterocycles. The van der Waals surface area contributed by atoms with Gasteiger partial charge in [-0.2, -0.15) is 4.98 Å². The Morgan fingerprint density at radius 3 is 2.53 bits per heavy atom. The number of anilines is 2. The first-order valence-corrected chi connectivity index (χ1v) is 13.4. The monoisotopic (exact) mass is 460 g/mol. The summed E-state index contributed by atoms with van der Waals surface area (Å²) in [7, 11) is 0. The Kier molecular flexibility index (Phi) is 7.33. The van der Waals surface area contributed by atoms with E-state index in [4.69, 9.17) is 10.7 Å². The van der Waals surface area contributed by atoms with Crippen LogP contribution >= 0.6 is 0 Å². The molecule has 6 heteroatoms. The molecule has 0 atom stereocenters. The van der Waals surface area contributed by atoms with E-state index in [0.29, 0.717) is 12.0 Å². The van der Waals surface area contributed by atoms with E-state index in [9.17, 15) is 0 Å². The highest BCUT2D eigenvalue weighted by atomic mass is 15.1. The van der Waals surface area contributed by atoms with Gasteiger partial charge >= 0.3 is 0 Å². The zero-order chi connectivity index (χ0) is 23.3. The molecule has 1 aliphatic carbocycles. The number of nitrogens with zero attached hydrogens (tertiary/aromatic N) is 4. The van der Waals surface area contributed by atoms with E-state index in [1.807, 2.05) is 6.20 Å². The third-order valence-electron chi connectivity index (χ3n) is 7.68. The standard InChI is InChI=1S/C28H40N6/c1-2-3-15-30-28-31-18-25-26(22-9-13-24(14-10-22)33-16-5-4-6-17-33)20-34(27(25)32-28)19-21-7-11-23(29)12-8-21/h9-10,13-14,18,20-21,23H,2-8,11-12,15-17,19,29H2,1H3,(H,30,31,32). The van der Waals surface area contributed by atoms with Gasteiger partial charge in [-0.15, -0.1) is 0 Å². The molecule has 1 saturated heterocycles. The van der Waals surface area contributed by atoms with Crippen molar-refractivity contribution in [2.24, 2.45) is 11.7 Å². The molecule has 0 radical (unpaired) electrons. The third kappa shape index (κ3) is 5.22. The molecule has 182 valence electrons. The first-order chi connectivity index (χ1) is 16.7. The summed E-state index contributed by atoms with van der Waals surface area (Å²) < 4.78 is 2.37. The molecule has 0 bridgehead atoms. The van der Waals surface area contributed by atoms with Crippen LogP contribution in [-0.2, 0) is 6.54 Å². The molecule has 0 amide bonds. The Morgan fingerprint density at radius 2 is 1.79 bits per heavy atom. The number of nitrogens with one attached hydrogen (secondary N) is 1. The smallest absolute Gasteiger partial charge is 0.224 e. The lowest BCUT2D eigenvalue weighted by molar-refractivity contribution is 0.297. The highest BCUT2D eigenvalue weighted by Crippen LogP contribution is 2.34. The predicted octanol–water partition coefficient (Wildman–Crippen LogP) is 5.82. The van der Waals surface area contributed by atoms with Crippen LogP contribution in [0.2, 0.25) is 0 Å². The van der Waals surface area contributed by atoms with Crippen LogP contribution in [-0.4, -0.2) is 40.2 Å². The second kappa shape index (κ2) is 10.8. The maximum Gasteiger partial charge on any atom is 0.224 e. The fourth-order valence-corrected chi connectivity index (χ4v) is 5.55. The topological polar surface area (TPSA) is 72.0 Å². The maximum atomic E-state index is 6.17. The predicted molar refractivity (Wildman–Crippen MR) is 142 cm³/mol. The average molecular weight is 461 g/mol. The van der Waals surface area contributed by atoms with Gasteiger partial charge < -0.3 is 20.5 Å². The van der Waals surface area contributed by atoms with Gasteiger partial charge in [0.2, 0.25) is 5.95 Å². The van der Waals surface area contributed by atoms with Crippen LogP contribution in [0.1, 0.15) is 64.7 Å². The molecule has 2 aromatic heterocycles. The average Bonchev–Trinajstić information content (AvgIpc) is 3.24. The van der Waals surface area contributed by atoms with Crippen LogP contribution in [0.3, 0.4) is 0 Å². The Bertz CT molecular complexity index is 1060. The molecule has 3 N–H and O–H groups in total. The van der Waals surface area contributed by atoms with Gasteiger partial charge in [0.1, 0.15) is 5.65 Å². The van der Waals surface area contributed by atoms with Crippen molar-refractivity contribution in [3.05, 3.63) is 36.7 Å². The first-order valence-electron chi connectivity index (χ1n) is 13.4. The number of piperidine rings is 1. The lowest BCUT2D eigenvalue weighted by Gasteiger charge is -2.28. The van der Waals surface area contributed by atoms with Crippen LogP contribution in [0.4, 0.5) is 11.6 Å². The van der Waals surface area contributed by atoms with Crippen LogP contribution in [0.5, 0.6) is 0 Å². The number of hydrogen-bond acceptors (Lipinski definition) is 5. The molecule has 6 nitrogen and oxygen atoms in total. The van der Waals surface area contributed by atoms with Gasteiger partial charge in [0.25, 0.3) is 0 Å². The maximum absolute atomic E-state index is 6.17. The van der Waals surface area contributed by atoms with E-state index in [0.717, 1.165) is 55.8 Å². The quantitative estimate of drug-likeness (QED) is 0.415. The fourth-order valence-electron chi connectivity index (χ4n) is 5.55. The fraction of sp³-hybridized carbons (Fsp3) is 0.571. The second-order valence-electron chi connectivity index (χ2n) is 10.3. The minimum Gasteiger partial charge on any atom is -0.372 e. The molecular weight excluding hydrogens is 420 g/mol. The zero-order valence-electron chi connectivity index (χ0n) is 20.7. The van der Waals surface area contributed by atoms with Crippen molar-refractivity contribution in [1.82, 2.24) is 14.5 Å². The molecule has 2 aliphatic rings. The number of nitrogens with two attached hydrogens (primary N) is 1. The van der Waals surface area contributed by atoms with E-state index in [-0.39, 0.29) is 0 Å². The van der Waals surface area contributed by atoms with Crippen LogP contribution in [0.25, 0.3) is 22.2 Å². The lowest BCUT2D eigenvalue weighted by atomic mass is 9.86. The molecular formula is C28H40N6. The molecule has 3 aromatic rings. The van der Waals surface area contributed by atoms with Crippen LogP contribution in [0.15, 0.2) is 36.7 Å². The molecule has 5 rings (SSSR count). The molecule has 2 fully saturated rings. The van der Waals surface area contributed by atoms with Crippen LogP contribution < -0.4 is 16.0 Å². The number of fused-ring (bicyclic) bond motifs is 1. The number of unbranched alkanes of at least 4 members (excludes halogenated alkanes) is 1. The summed E-state index contributed by atoms with van der Waals surface area (Å²) in [4.78, 5) is 12.2. The number of benzene rings is 1. The van der Waals surface area contributed by atoms with Gasteiger partial charge in [-0.1, -0.05) is 25.5 Å². The Hall–Kier alpha value is -2.60. The third-order valence-corrected chi connectivity index (χ3v) is 7.68. The van der Waals surface area contributed by atoms with Gasteiger partial charge in [-0.25, -0.2) is 4.98 Å². The minimum absolute atomic E-state index is 0.378. The summed E-state index contributed by atoms with van der Waals surface area (Å²) in [6, 6.07) is 9.50. The number of aromatic nitrogens is 3. The summed E-state index contributed by atoms with van der Waals surface area (Å²) in [6.45, 7) is 6.46. The van der Waals surface area contributed by atoms with Crippen molar-refractivity contribution >= 4 is 22.7 Å². The Morgan fingerprint density at radius 1 is 1.03 bits per heavy atom. The van der Waals surface area contributed by atoms with Gasteiger partial charge in [0.15, 0.2) is 0 Å². The largest absolute Gasteiger partial charge is 0.372 e. The van der Waals surface area contributed by atoms with E-state index >= 15 is 0 Å². The van der Waals surface area contributed by atoms with E-state index < -0.39 is 0 Å². The summed E-state index contributed by atoms with van der Waals surface area (Å²) in [6.07, 6.45) is 15.2. The summed E-state index contributed by atoms with van der Waals surface area (Å²) in [5, 5.41) is 4.55. The van der Waals surface area contributed by atoms with E-state index in [2.05, 4.69) is 57.2 Å². The number of hydrogen-bond donors (Lipinski definition) is 2. The molecule has 0 spiro atoms. The number of rotatable bonds is 8. The second-order valence-corrected chi connectivity index (χ2v) is 10.3. The van der Waals surface area contributed by atoms with E-state index in [1.165, 1.54) is 62.0 Å². The van der Waals surface area contributed by atoms with Crippen molar-refractivity contribution in [3.63, 3.8) is 0 Å². The van der Waals surface area contributed by atoms with E-state index in [1.54, 1.807) is 0 Å². The highest BCUT2D eigenvalue weighted by Gasteiger charge is 2.21. The normalized spacial score (nSPS) is 21.2. The van der Waals surface area contributed by atoms with Gasteiger partial charge in [0.05, 0.1) is 0 Å². The summed E-state index contributed by atoms with van der Waals surface area (Å²) in [5.41, 5.74) is 11.0. The Balaban J connectivity index is 1.44. The SMILES string of the molecule is CCCCNc1ncc2c(-c3ccc(N4CCCCC4)cc3)cn(CC3CCC(N)CC3)c2n1. The van der Waals surface area contributed by atoms with Crippen molar-refractivity contribution in [3.8, 4) is 11.1 Å². The molecule has 0 unspecified atom stereocenters.